The Bertz CT molecular complexity index is 1250. The molecule has 0 aliphatic carbocycles. The van der Waals surface area contributed by atoms with Crippen molar-refractivity contribution in [2.45, 2.75) is 0 Å². The van der Waals surface area contributed by atoms with Crippen molar-refractivity contribution in [3.63, 3.8) is 0 Å². The van der Waals surface area contributed by atoms with E-state index < -0.39 is 17.7 Å². The highest BCUT2D eigenvalue weighted by Gasteiger charge is 2.13. The van der Waals surface area contributed by atoms with Crippen LogP contribution in [0.15, 0.2) is 71.8 Å². The van der Waals surface area contributed by atoms with Crippen molar-refractivity contribution < 1.29 is 19.1 Å². The normalized spacial score (nSPS) is 10.6. The van der Waals surface area contributed by atoms with Crippen molar-refractivity contribution in [2.75, 3.05) is 17.2 Å². The first-order chi connectivity index (χ1) is 16.3. The van der Waals surface area contributed by atoms with Crippen molar-refractivity contribution in [2.24, 2.45) is 5.10 Å². The number of carbonyl (C=O) groups excluding carboxylic acids is 3. The van der Waals surface area contributed by atoms with Crippen LogP contribution in [0.3, 0.4) is 0 Å². The van der Waals surface area contributed by atoms with Crippen molar-refractivity contribution in [1.82, 2.24) is 5.43 Å². The summed E-state index contributed by atoms with van der Waals surface area (Å²) in [4.78, 5) is 36.0. The fourth-order valence-electron chi connectivity index (χ4n) is 2.58. The summed E-state index contributed by atoms with van der Waals surface area (Å²) >= 11 is 17.7. The Morgan fingerprint density at radius 1 is 0.853 bits per heavy atom. The van der Waals surface area contributed by atoms with Gasteiger partial charge in [-0.2, -0.15) is 5.10 Å². The molecule has 0 atom stereocenters. The van der Waals surface area contributed by atoms with E-state index >= 15 is 0 Å². The smallest absolute Gasteiger partial charge is 0.329 e. The first kappa shape index (κ1) is 25.0. The van der Waals surface area contributed by atoms with Crippen LogP contribution in [0.4, 0.5) is 11.4 Å². The van der Waals surface area contributed by atoms with E-state index in [9.17, 15) is 14.4 Å². The summed E-state index contributed by atoms with van der Waals surface area (Å²) < 4.78 is 5.48. The number of amides is 3. The Kier molecular flexibility index (Phi) is 8.86. The molecule has 3 amide bonds. The van der Waals surface area contributed by atoms with Crippen LogP contribution in [0.5, 0.6) is 5.75 Å². The maximum Gasteiger partial charge on any atom is 0.329 e. The predicted molar refractivity (Wildman–Crippen MR) is 133 cm³/mol. The summed E-state index contributed by atoms with van der Waals surface area (Å²) in [7, 11) is 0. The van der Waals surface area contributed by atoms with Gasteiger partial charge >= 0.3 is 11.8 Å². The molecule has 0 spiro atoms. The van der Waals surface area contributed by atoms with Gasteiger partial charge in [0.05, 0.1) is 16.9 Å². The third kappa shape index (κ3) is 7.77. The number of hydrazone groups is 1. The SMILES string of the molecule is O=C(COc1cccc(/C=N\NC(=O)C(=O)Nc2cccc(Cl)c2)c1)Nc1ccc(Cl)cc1Cl. The van der Waals surface area contributed by atoms with E-state index in [1.165, 1.54) is 18.3 Å². The molecule has 0 heterocycles. The van der Waals surface area contributed by atoms with Crippen LogP contribution < -0.4 is 20.8 Å². The lowest BCUT2D eigenvalue weighted by atomic mass is 10.2. The number of benzene rings is 3. The quantitative estimate of drug-likeness (QED) is 0.238. The van der Waals surface area contributed by atoms with E-state index in [-0.39, 0.29) is 6.61 Å². The maximum absolute atomic E-state index is 12.1. The van der Waals surface area contributed by atoms with Crippen LogP contribution in [0, 0.1) is 0 Å². The number of ether oxygens (including phenoxy) is 1. The first-order valence-corrected chi connectivity index (χ1v) is 10.8. The third-order valence-electron chi connectivity index (χ3n) is 4.10. The summed E-state index contributed by atoms with van der Waals surface area (Å²) in [5.74, 6) is -1.88. The zero-order valence-corrected chi connectivity index (χ0v) is 19.6. The Hall–Kier alpha value is -3.59. The molecule has 0 saturated carbocycles. The second kappa shape index (κ2) is 12.0. The molecule has 3 N–H and O–H groups in total. The summed E-state index contributed by atoms with van der Waals surface area (Å²) in [5.41, 5.74) is 3.49. The molecule has 11 heteroatoms. The van der Waals surface area contributed by atoms with E-state index in [1.54, 1.807) is 54.6 Å². The first-order valence-electron chi connectivity index (χ1n) is 9.68. The molecule has 8 nitrogen and oxygen atoms in total. The molecular weight excluding hydrogens is 503 g/mol. The second-order valence-corrected chi connectivity index (χ2v) is 7.98. The lowest BCUT2D eigenvalue weighted by molar-refractivity contribution is -0.136. The van der Waals surface area contributed by atoms with Gasteiger partial charge in [0, 0.05) is 15.7 Å². The number of halogens is 3. The number of rotatable bonds is 7. The molecule has 0 unspecified atom stereocenters. The van der Waals surface area contributed by atoms with E-state index in [0.29, 0.717) is 37.8 Å². The van der Waals surface area contributed by atoms with E-state index in [1.807, 2.05) is 0 Å². The van der Waals surface area contributed by atoms with Crippen LogP contribution in [-0.4, -0.2) is 30.5 Å². The largest absolute Gasteiger partial charge is 0.484 e. The minimum absolute atomic E-state index is 0.264. The molecule has 34 heavy (non-hydrogen) atoms. The monoisotopic (exact) mass is 518 g/mol. The van der Waals surface area contributed by atoms with Gasteiger partial charge in [-0.15, -0.1) is 0 Å². The highest BCUT2D eigenvalue weighted by atomic mass is 35.5. The average Bonchev–Trinajstić information content (AvgIpc) is 2.80. The summed E-state index contributed by atoms with van der Waals surface area (Å²) in [6.07, 6.45) is 1.32. The molecule has 0 bridgehead atoms. The van der Waals surface area contributed by atoms with Gasteiger partial charge in [0.25, 0.3) is 5.91 Å². The number of carbonyl (C=O) groups is 3. The van der Waals surface area contributed by atoms with Crippen LogP contribution >= 0.6 is 34.8 Å². The lowest BCUT2D eigenvalue weighted by Gasteiger charge is -2.09. The zero-order valence-electron chi connectivity index (χ0n) is 17.3. The zero-order chi connectivity index (χ0) is 24.5. The molecule has 174 valence electrons. The molecule has 0 fully saturated rings. The van der Waals surface area contributed by atoms with E-state index in [4.69, 9.17) is 39.5 Å². The van der Waals surface area contributed by atoms with Gasteiger partial charge in [-0.1, -0.05) is 53.0 Å². The fourth-order valence-corrected chi connectivity index (χ4v) is 3.23. The Morgan fingerprint density at radius 3 is 2.38 bits per heavy atom. The molecular formula is C23H17Cl3N4O4. The number of hydrogen-bond donors (Lipinski definition) is 3. The topological polar surface area (TPSA) is 109 Å². The number of nitrogens with one attached hydrogen (secondary N) is 3. The molecule has 3 aromatic rings. The Labute approximate surface area is 209 Å². The lowest BCUT2D eigenvalue weighted by Crippen LogP contribution is -2.32. The van der Waals surface area contributed by atoms with E-state index in [0.717, 1.165) is 0 Å². The van der Waals surface area contributed by atoms with Crippen molar-refractivity contribution in [1.29, 1.82) is 0 Å². The summed E-state index contributed by atoms with van der Waals surface area (Å²) in [6, 6.07) is 17.7. The summed E-state index contributed by atoms with van der Waals surface area (Å²) in [6.45, 7) is -0.264. The summed E-state index contributed by atoms with van der Waals surface area (Å²) in [5, 5.41) is 9.98. The van der Waals surface area contributed by atoms with Gasteiger partial charge in [0.2, 0.25) is 0 Å². The minimum Gasteiger partial charge on any atom is -0.484 e. The van der Waals surface area contributed by atoms with Crippen LogP contribution in [0.1, 0.15) is 5.56 Å². The second-order valence-electron chi connectivity index (χ2n) is 6.70. The van der Waals surface area contributed by atoms with Gasteiger partial charge in [-0.3, -0.25) is 14.4 Å². The molecule has 3 aromatic carbocycles. The van der Waals surface area contributed by atoms with Gasteiger partial charge in [0.15, 0.2) is 6.61 Å². The van der Waals surface area contributed by atoms with E-state index in [2.05, 4.69) is 21.2 Å². The van der Waals surface area contributed by atoms with Crippen molar-refractivity contribution in [3.05, 3.63) is 87.4 Å². The highest BCUT2D eigenvalue weighted by molar-refractivity contribution is 6.40. The van der Waals surface area contributed by atoms with Crippen molar-refractivity contribution in [3.8, 4) is 5.75 Å². The molecule has 0 radical (unpaired) electrons. The highest BCUT2D eigenvalue weighted by Crippen LogP contribution is 2.25. The Balaban J connectivity index is 1.49. The van der Waals surface area contributed by atoms with Gasteiger partial charge in [0.1, 0.15) is 5.75 Å². The molecule has 0 aromatic heterocycles. The fraction of sp³-hybridized carbons (Fsp3) is 0.0435. The predicted octanol–water partition coefficient (Wildman–Crippen LogP) is 4.75. The Morgan fingerprint density at radius 2 is 1.62 bits per heavy atom. The maximum atomic E-state index is 12.1. The molecule has 0 saturated heterocycles. The molecule has 0 aliphatic rings. The third-order valence-corrected chi connectivity index (χ3v) is 4.88. The van der Waals surface area contributed by atoms with Crippen LogP contribution in [0.25, 0.3) is 0 Å². The van der Waals surface area contributed by atoms with Crippen molar-refractivity contribution >= 4 is 70.1 Å². The van der Waals surface area contributed by atoms with Gasteiger partial charge < -0.3 is 15.4 Å². The average molecular weight is 520 g/mol. The minimum atomic E-state index is -0.957. The van der Waals surface area contributed by atoms with Gasteiger partial charge in [-0.25, -0.2) is 5.43 Å². The standard InChI is InChI=1S/C23H17Cl3N4O4/c24-15-4-2-5-17(10-15)28-22(32)23(33)30-27-12-14-3-1-6-18(9-14)34-13-21(31)29-20-8-7-16(25)11-19(20)26/h1-12H,13H2,(H,28,32)(H,29,31)(H,30,33)/b27-12-. The number of anilines is 2. The number of nitrogens with zero attached hydrogens (tertiary/aromatic N) is 1. The van der Waals surface area contributed by atoms with Crippen LogP contribution in [-0.2, 0) is 14.4 Å². The van der Waals surface area contributed by atoms with Gasteiger partial charge in [-0.05, 0) is 54.1 Å². The molecule has 3 rings (SSSR count). The number of hydrogen-bond acceptors (Lipinski definition) is 5. The molecule has 0 aliphatic heterocycles. The van der Waals surface area contributed by atoms with Crippen LogP contribution in [0.2, 0.25) is 15.1 Å².